The number of carbonyl (C=O) groups is 1. The SMILES string of the molecule is Cc1c(C(=O)Nc2cc(Cl)ccc2Cl)oc2c1/C(=N/Nc1ccc([N+](=O)[O-])cc1[N+](=O)[O-])CCC2. The normalized spacial score (nSPS) is 13.9. The average molecular weight is 518 g/mol. The molecule has 2 aromatic carbocycles. The number of benzene rings is 2. The van der Waals surface area contributed by atoms with Crippen LogP contribution in [0.1, 0.15) is 40.3 Å². The highest BCUT2D eigenvalue weighted by Gasteiger charge is 2.28. The fraction of sp³-hybridized carbons (Fsp3) is 0.182. The summed E-state index contributed by atoms with van der Waals surface area (Å²) >= 11 is 12.1. The quantitative estimate of drug-likeness (QED) is 0.295. The van der Waals surface area contributed by atoms with Gasteiger partial charge in [0.1, 0.15) is 11.4 Å². The van der Waals surface area contributed by atoms with Crippen molar-refractivity contribution in [3.8, 4) is 0 Å². The minimum absolute atomic E-state index is 0.00469. The van der Waals surface area contributed by atoms with Gasteiger partial charge in [-0.05, 0) is 44.0 Å². The van der Waals surface area contributed by atoms with Crippen LogP contribution in [0.2, 0.25) is 10.0 Å². The molecule has 180 valence electrons. The molecule has 3 aromatic rings. The predicted octanol–water partition coefficient (Wildman–Crippen LogP) is 6.12. The Kier molecular flexibility index (Phi) is 6.72. The Morgan fingerprint density at radius 1 is 1.06 bits per heavy atom. The number of fused-ring (bicyclic) bond motifs is 1. The van der Waals surface area contributed by atoms with Crippen molar-refractivity contribution in [2.45, 2.75) is 26.2 Å². The topological polar surface area (TPSA) is 153 Å². The van der Waals surface area contributed by atoms with E-state index in [9.17, 15) is 25.0 Å². The summed E-state index contributed by atoms with van der Waals surface area (Å²) in [6, 6.07) is 7.91. The minimum atomic E-state index is -0.728. The zero-order chi connectivity index (χ0) is 25.3. The Labute approximate surface area is 208 Å². The molecule has 11 nitrogen and oxygen atoms in total. The van der Waals surface area contributed by atoms with Crippen LogP contribution in [0.25, 0.3) is 0 Å². The first kappa shape index (κ1) is 24.2. The Balaban J connectivity index is 1.64. The number of anilines is 2. The number of carbonyl (C=O) groups excluding carboxylic acids is 1. The number of furan rings is 1. The molecule has 1 aromatic heterocycles. The Bertz CT molecular complexity index is 1400. The van der Waals surface area contributed by atoms with Crippen molar-refractivity contribution < 1.29 is 19.1 Å². The third kappa shape index (κ3) is 4.96. The molecule has 0 saturated heterocycles. The number of halogens is 2. The third-order valence-corrected chi connectivity index (χ3v) is 5.97. The van der Waals surface area contributed by atoms with Gasteiger partial charge in [0.15, 0.2) is 5.76 Å². The Hall–Kier alpha value is -3.96. The molecule has 4 rings (SSSR count). The van der Waals surface area contributed by atoms with Gasteiger partial charge in [-0.25, -0.2) is 0 Å². The molecule has 1 aliphatic carbocycles. The molecule has 0 unspecified atom stereocenters. The van der Waals surface area contributed by atoms with Crippen LogP contribution in [-0.2, 0) is 6.42 Å². The van der Waals surface area contributed by atoms with E-state index in [0.717, 1.165) is 12.1 Å². The third-order valence-electron chi connectivity index (χ3n) is 5.41. The van der Waals surface area contributed by atoms with Crippen LogP contribution in [0.4, 0.5) is 22.7 Å². The first-order valence-corrected chi connectivity index (χ1v) is 11.1. The van der Waals surface area contributed by atoms with Crippen molar-refractivity contribution in [2.24, 2.45) is 5.10 Å². The molecule has 13 heteroatoms. The molecule has 0 bridgehead atoms. The van der Waals surface area contributed by atoms with Crippen molar-refractivity contribution in [1.29, 1.82) is 0 Å². The molecule has 35 heavy (non-hydrogen) atoms. The average Bonchev–Trinajstić information content (AvgIpc) is 3.17. The maximum atomic E-state index is 12.9. The number of nitrogens with zero attached hydrogens (tertiary/aromatic N) is 3. The van der Waals surface area contributed by atoms with Gasteiger partial charge in [-0.15, -0.1) is 0 Å². The molecule has 0 fully saturated rings. The summed E-state index contributed by atoms with van der Waals surface area (Å²) < 4.78 is 5.85. The number of aryl methyl sites for hydroxylation is 1. The number of hydrazone groups is 1. The van der Waals surface area contributed by atoms with Crippen LogP contribution in [0.5, 0.6) is 0 Å². The van der Waals surface area contributed by atoms with Crippen LogP contribution >= 0.6 is 23.2 Å². The van der Waals surface area contributed by atoms with Gasteiger partial charge in [-0.2, -0.15) is 5.10 Å². The number of nitrogens with one attached hydrogen (secondary N) is 2. The highest BCUT2D eigenvalue weighted by molar-refractivity contribution is 6.35. The van der Waals surface area contributed by atoms with Crippen LogP contribution in [0.15, 0.2) is 45.9 Å². The van der Waals surface area contributed by atoms with Gasteiger partial charge in [0.2, 0.25) is 0 Å². The lowest BCUT2D eigenvalue weighted by Crippen LogP contribution is -2.15. The number of nitro benzene ring substituents is 2. The Morgan fingerprint density at radius 3 is 2.54 bits per heavy atom. The molecule has 1 heterocycles. The zero-order valence-corrected chi connectivity index (χ0v) is 19.6. The predicted molar refractivity (Wildman–Crippen MR) is 131 cm³/mol. The molecule has 2 N–H and O–H groups in total. The molecule has 1 amide bonds. The molecular weight excluding hydrogens is 501 g/mol. The summed E-state index contributed by atoms with van der Waals surface area (Å²) in [7, 11) is 0. The molecule has 1 aliphatic rings. The Morgan fingerprint density at radius 2 is 1.83 bits per heavy atom. The number of rotatable bonds is 6. The van der Waals surface area contributed by atoms with Gasteiger partial charge in [0.05, 0.1) is 32.3 Å². The maximum absolute atomic E-state index is 12.9. The van der Waals surface area contributed by atoms with Gasteiger partial charge in [-0.1, -0.05) is 23.2 Å². The summed E-state index contributed by atoms with van der Waals surface area (Å²) in [6.07, 6.45) is 1.80. The molecular formula is C22H17Cl2N5O6. The first-order chi connectivity index (χ1) is 16.7. The van der Waals surface area contributed by atoms with Crippen LogP contribution in [-0.4, -0.2) is 21.5 Å². The van der Waals surface area contributed by atoms with Crippen LogP contribution in [0, 0.1) is 27.2 Å². The summed E-state index contributed by atoms with van der Waals surface area (Å²) in [4.78, 5) is 33.8. The van der Waals surface area contributed by atoms with Crippen LogP contribution in [0.3, 0.4) is 0 Å². The monoisotopic (exact) mass is 517 g/mol. The molecule has 0 spiro atoms. The summed E-state index contributed by atoms with van der Waals surface area (Å²) in [6.45, 7) is 1.71. The van der Waals surface area contributed by atoms with Gasteiger partial charge in [-0.3, -0.25) is 30.4 Å². The number of nitro groups is 2. The van der Waals surface area contributed by atoms with Crippen molar-refractivity contribution in [3.05, 3.63) is 89.3 Å². The smallest absolute Gasteiger partial charge is 0.301 e. The second-order valence-corrected chi connectivity index (χ2v) is 8.52. The minimum Gasteiger partial charge on any atom is -0.455 e. The number of non-ortho nitro benzene ring substituents is 1. The van der Waals surface area contributed by atoms with E-state index in [0.29, 0.717) is 57.6 Å². The van der Waals surface area contributed by atoms with E-state index in [-0.39, 0.29) is 11.4 Å². The lowest BCUT2D eigenvalue weighted by atomic mass is 9.93. The van der Waals surface area contributed by atoms with E-state index in [4.69, 9.17) is 27.6 Å². The van der Waals surface area contributed by atoms with Gasteiger partial charge in [0.25, 0.3) is 11.6 Å². The fourth-order valence-electron chi connectivity index (χ4n) is 3.78. The van der Waals surface area contributed by atoms with E-state index >= 15 is 0 Å². The van der Waals surface area contributed by atoms with Crippen LogP contribution < -0.4 is 10.7 Å². The summed E-state index contributed by atoms with van der Waals surface area (Å²) in [5.74, 6) is 0.135. The highest BCUT2D eigenvalue weighted by Crippen LogP contribution is 2.33. The highest BCUT2D eigenvalue weighted by atomic mass is 35.5. The number of hydrogen-bond acceptors (Lipinski definition) is 8. The maximum Gasteiger partial charge on any atom is 0.301 e. The lowest BCUT2D eigenvalue weighted by molar-refractivity contribution is -0.393. The summed E-state index contributed by atoms with van der Waals surface area (Å²) in [5, 5.41) is 30.1. The lowest BCUT2D eigenvalue weighted by Gasteiger charge is -2.13. The van der Waals surface area contributed by atoms with Crippen molar-refractivity contribution in [1.82, 2.24) is 0 Å². The molecule has 0 saturated carbocycles. The van der Waals surface area contributed by atoms with Crippen molar-refractivity contribution in [2.75, 3.05) is 10.7 Å². The zero-order valence-electron chi connectivity index (χ0n) is 18.1. The molecule has 0 atom stereocenters. The summed E-state index contributed by atoms with van der Waals surface area (Å²) in [5.41, 5.74) is 3.80. The van der Waals surface area contributed by atoms with Crippen molar-refractivity contribution >= 4 is 57.6 Å². The van der Waals surface area contributed by atoms with Gasteiger partial charge >= 0.3 is 5.69 Å². The largest absolute Gasteiger partial charge is 0.455 e. The van der Waals surface area contributed by atoms with E-state index in [1.54, 1.807) is 19.1 Å². The van der Waals surface area contributed by atoms with Gasteiger partial charge in [0, 0.05) is 28.6 Å². The van der Waals surface area contributed by atoms with E-state index in [1.807, 2.05) is 0 Å². The standard InChI is InChI=1S/C22H17Cl2N5O6/c1-11-20-16(27-26-15-8-6-13(28(31)32)10-18(15)29(33)34)3-2-4-19(20)35-21(11)22(30)25-17-9-12(23)5-7-14(17)24/h5-10,26H,2-4H2,1H3,(H,25,30)/b27-16+. The van der Waals surface area contributed by atoms with E-state index in [1.165, 1.54) is 12.1 Å². The van der Waals surface area contributed by atoms with E-state index < -0.39 is 27.1 Å². The first-order valence-electron chi connectivity index (χ1n) is 10.3. The number of amides is 1. The second-order valence-electron chi connectivity index (χ2n) is 7.67. The number of hydrogen-bond donors (Lipinski definition) is 2. The van der Waals surface area contributed by atoms with Gasteiger partial charge < -0.3 is 9.73 Å². The van der Waals surface area contributed by atoms with E-state index in [2.05, 4.69) is 15.8 Å². The molecule has 0 radical (unpaired) electrons. The molecule has 0 aliphatic heterocycles. The fourth-order valence-corrected chi connectivity index (χ4v) is 4.11. The second kappa shape index (κ2) is 9.72. The van der Waals surface area contributed by atoms with Crippen molar-refractivity contribution in [3.63, 3.8) is 0 Å².